The number of nitrogens with zero attached hydrogens (tertiary/aromatic N) is 2. The van der Waals surface area contributed by atoms with Crippen molar-refractivity contribution in [3.05, 3.63) is 40.6 Å². The predicted octanol–water partition coefficient (Wildman–Crippen LogP) is 3.78. The van der Waals surface area contributed by atoms with E-state index in [2.05, 4.69) is 9.97 Å². The van der Waals surface area contributed by atoms with Crippen LogP contribution in [0.25, 0.3) is 22.6 Å². The quantitative estimate of drug-likeness (QED) is 0.689. The summed E-state index contributed by atoms with van der Waals surface area (Å²) in [7, 11) is 0. The third-order valence-corrected chi connectivity index (χ3v) is 3.24. The number of oxazole rings is 1. The number of aromatic nitrogens is 2. The number of halogens is 2. The minimum absolute atomic E-state index is 0.306. The van der Waals surface area contributed by atoms with Crippen LogP contribution in [0.2, 0.25) is 10.0 Å². The number of anilines is 1. The van der Waals surface area contributed by atoms with Crippen molar-refractivity contribution in [2.24, 2.45) is 0 Å². The van der Waals surface area contributed by atoms with Gasteiger partial charge < -0.3 is 10.2 Å². The maximum Gasteiger partial charge on any atom is 0.227 e. The Morgan fingerprint density at radius 2 is 1.89 bits per heavy atom. The van der Waals surface area contributed by atoms with Gasteiger partial charge in [-0.2, -0.15) is 0 Å². The fourth-order valence-electron chi connectivity index (χ4n) is 1.63. The van der Waals surface area contributed by atoms with Gasteiger partial charge in [-0.1, -0.05) is 23.2 Å². The normalized spacial score (nSPS) is 11.0. The summed E-state index contributed by atoms with van der Waals surface area (Å²) in [6.45, 7) is 0. The molecule has 0 aliphatic carbocycles. The maximum absolute atomic E-state index is 6.09. The first kappa shape index (κ1) is 11.3. The van der Waals surface area contributed by atoms with Crippen LogP contribution in [0.1, 0.15) is 0 Å². The van der Waals surface area contributed by atoms with Gasteiger partial charge in [0.1, 0.15) is 5.52 Å². The molecule has 90 valence electrons. The van der Waals surface area contributed by atoms with Gasteiger partial charge in [0.15, 0.2) is 5.58 Å². The molecular weight excluding hydrogens is 273 g/mol. The fraction of sp³-hybridized carbons (Fsp3) is 0. The molecule has 0 saturated carbocycles. The van der Waals surface area contributed by atoms with Gasteiger partial charge >= 0.3 is 0 Å². The van der Waals surface area contributed by atoms with E-state index in [4.69, 9.17) is 33.4 Å². The summed E-state index contributed by atoms with van der Waals surface area (Å²) in [4.78, 5) is 8.25. The number of pyridine rings is 1. The lowest BCUT2D eigenvalue weighted by atomic mass is 10.3. The van der Waals surface area contributed by atoms with E-state index >= 15 is 0 Å². The molecule has 2 N–H and O–H groups in total. The Kier molecular flexibility index (Phi) is 2.61. The van der Waals surface area contributed by atoms with Crippen molar-refractivity contribution in [3.8, 4) is 11.5 Å². The van der Waals surface area contributed by atoms with Crippen LogP contribution in [-0.4, -0.2) is 9.97 Å². The molecule has 0 amide bonds. The average Bonchev–Trinajstić information content (AvgIpc) is 2.81. The Balaban J connectivity index is 2.27. The number of hydrogen-bond donors (Lipinski definition) is 1. The van der Waals surface area contributed by atoms with E-state index in [-0.39, 0.29) is 0 Å². The van der Waals surface area contributed by atoms with Crippen molar-refractivity contribution in [2.75, 3.05) is 5.73 Å². The predicted molar refractivity (Wildman–Crippen MR) is 71.7 cm³/mol. The summed E-state index contributed by atoms with van der Waals surface area (Å²) in [5.41, 5.74) is 7.87. The second kappa shape index (κ2) is 4.15. The number of benzene rings is 1. The Morgan fingerprint density at radius 1 is 1.17 bits per heavy atom. The molecule has 4 nitrogen and oxygen atoms in total. The molecule has 0 saturated heterocycles. The third kappa shape index (κ3) is 1.70. The van der Waals surface area contributed by atoms with E-state index in [1.54, 1.807) is 30.6 Å². The van der Waals surface area contributed by atoms with E-state index in [1.165, 1.54) is 0 Å². The Labute approximate surface area is 112 Å². The van der Waals surface area contributed by atoms with Crippen LogP contribution in [0.3, 0.4) is 0 Å². The largest absolute Gasteiger partial charge is 0.436 e. The molecule has 0 bridgehead atoms. The summed E-state index contributed by atoms with van der Waals surface area (Å²) >= 11 is 12.0. The standard InChI is InChI=1S/C12H7Cl2N3O/c13-7-5-8-11(9(14)10(7)15)17-12(18-8)6-1-3-16-4-2-6/h1-5H,15H2. The topological polar surface area (TPSA) is 64.9 Å². The summed E-state index contributed by atoms with van der Waals surface area (Å²) in [6, 6.07) is 5.20. The fourth-order valence-corrected chi connectivity index (χ4v) is 2.11. The van der Waals surface area contributed by atoms with Gasteiger partial charge in [-0.05, 0) is 12.1 Å². The summed E-state index contributed by atoms with van der Waals surface area (Å²) in [6.07, 6.45) is 3.32. The van der Waals surface area contributed by atoms with Crippen molar-refractivity contribution < 1.29 is 4.42 Å². The van der Waals surface area contributed by atoms with E-state index < -0.39 is 0 Å². The lowest BCUT2D eigenvalue weighted by Gasteiger charge is -1.99. The van der Waals surface area contributed by atoms with E-state index in [1.807, 2.05) is 0 Å². The molecule has 0 aliphatic rings. The Hall–Kier alpha value is -1.78. The van der Waals surface area contributed by atoms with Crippen molar-refractivity contribution in [3.63, 3.8) is 0 Å². The van der Waals surface area contributed by atoms with Crippen LogP contribution in [0.15, 0.2) is 35.0 Å². The van der Waals surface area contributed by atoms with Gasteiger partial charge in [0, 0.05) is 24.0 Å². The molecule has 0 aliphatic heterocycles. The molecule has 0 radical (unpaired) electrons. The third-order valence-electron chi connectivity index (χ3n) is 2.54. The van der Waals surface area contributed by atoms with Crippen molar-refractivity contribution >= 4 is 40.0 Å². The lowest BCUT2D eigenvalue weighted by Crippen LogP contribution is -1.88. The van der Waals surface area contributed by atoms with Crippen LogP contribution in [0.4, 0.5) is 5.69 Å². The van der Waals surface area contributed by atoms with Gasteiger partial charge in [-0.25, -0.2) is 4.98 Å². The van der Waals surface area contributed by atoms with Crippen LogP contribution in [0.5, 0.6) is 0 Å². The van der Waals surface area contributed by atoms with Gasteiger partial charge in [-0.15, -0.1) is 0 Å². The molecule has 0 fully saturated rings. The van der Waals surface area contributed by atoms with Crippen molar-refractivity contribution in [1.29, 1.82) is 0 Å². The van der Waals surface area contributed by atoms with Gasteiger partial charge in [0.25, 0.3) is 0 Å². The highest BCUT2D eigenvalue weighted by Gasteiger charge is 2.15. The SMILES string of the molecule is Nc1c(Cl)cc2oc(-c3ccncc3)nc2c1Cl. The number of nitrogens with two attached hydrogens (primary N) is 1. The molecule has 6 heteroatoms. The summed E-state index contributed by atoms with van der Waals surface area (Å²) in [5, 5.41) is 0.659. The van der Waals surface area contributed by atoms with E-state index in [0.717, 1.165) is 5.56 Å². The number of nitrogen functional groups attached to an aromatic ring is 1. The minimum atomic E-state index is 0.306. The van der Waals surface area contributed by atoms with Gasteiger partial charge in [-0.3, -0.25) is 4.98 Å². The zero-order valence-electron chi connectivity index (χ0n) is 9.02. The molecular formula is C12H7Cl2N3O. The minimum Gasteiger partial charge on any atom is -0.436 e. The molecule has 0 unspecified atom stereocenters. The molecule has 0 spiro atoms. The van der Waals surface area contributed by atoms with Crippen LogP contribution < -0.4 is 5.73 Å². The first-order valence-electron chi connectivity index (χ1n) is 5.11. The highest BCUT2D eigenvalue weighted by Crippen LogP contribution is 2.36. The monoisotopic (exact) mass is 279 g/mol. The molecule has 18 heavy (non-hydrogen) atoms. The van der Waals surface area contributed by atoms with Gasteiger partial charge in [0.05, 0.1) is 15.7 Å². The van der Waals surface area contributed by atoms with E-state index in [9.17, 15) is 0 Å². The molecule has 2 heterocycles. The lowest BCUT2D eigenvalue weighted by molar-refractivity contribution is 0.620. The molecule has 3 rings (SSSR count). The number of rotatable bonds is 1. The number of fused-ring (bicyclic) bond motifs is 1. The zero-order valence-corrected chi connectivity index (χ0v) is 10.5. The highest BCUT2D eigenvalue weighted by atomic mass is 35.5. The van der Waals surface area contributed by atoms with Crippen LogP contribution in [-0.2, 0) is 0 Å². The average molecular weight is 280 g/mol. The van der Waals surface area contributed by atoms with Gasteiger partial charge in [0.2, 0.25) is 5.89 Å². The zero-order chi connectivity index (χ0) is 12.7. The van der Waals surface area contributed by atoms with Crippen molar-refractivity contribution in [1.82, 2.24) is 9.97 Å². The smallest absolute Gasteiger partial charge is 0.227 e. The van der Waals surface area contributed by atoms with E-state index in [0.29, 0.717) is 32.7 Å². The maximum atomic E-state index is 6.09. The summed E-state index contributed by atoms with van der Waals surface area (Å²) < 4.78 is 5.61. The highest BCUT2D eigenvalue weighted by molar-refractivity contribution is 6.42. The first-order chi connectivity index (χ1) is 8.66. The second-order valence-corrected chi connectivity index (χ2v) is 4.47. The van der Waals surface area contributed by atoms with Crippen LogP contribution >= 0.6 is 23.2 Å². The second-order valence-electron chi connectivity index (χ2n) is 3.69. The molecule has 3 aromatic rings. The molecule has 1 aromatic carbocycles. The number of hydrogen-bond acceptors (Lipinski definition) is 4. The summed E-state index contributed by atoms with van der Waals surface area (Å²) in [5.74, 6) is 0.455. The van der Waals surface area contributed by atoms with Crippen molar-refractivity contribution in [2.45, 2.75) is 0 Å². The Bertz CT molecular complexity index is 725. The first-order valence-corrected chi connectivity index (χ1v) is 5.87. The van der Waals surface area contributed by atoms with Crippen LogP contribution in [0, 0.1) is 0 Å². The molecule has 2 aromatic heterocycles. The Morgan fingerprint density at radius 3 is 2.61 bits per heavy atom. The molecule has 0 atom stereocenters.